The predicted octanol–water partition coefficient (Wildman–Crippen LogP) is 17.7. The first-order chi connectivity index (χ1) is 35.8. The summed E-state index contributed by atoms with van der Waals surface area (Å²) in [5, 5.41) is 7.41. The van der Waals surface area contributed by atoms with Crippen molar-refractivity contribution in [2.45, 2.75) is 27.7 Å². The Morgan fingerprint density at radius 3 is 1.15 bits per heavy atom. The number of benzene rings is 10. The maximum atomic E-state index is 5.21. The first kappa shape index (κ1) is 42.5. The van der Waals surface area contributed by atoms with Gasteiger partial charge in [-0.1, -0.05) is 132 Å². The van der Waals surface area contributed by atoms with Crippen LogP contribution in [0.4, 0.5) is 0 Å². The summed E-state index contributed by atoms with van der Waals surface area (Å²) < 4.78 is 7.28. The molecule has 14 rings (SSSR count). The predicted molar refractivity (Wildman–Crippen MR) is 306 cm³/mol. The van der Waals surface area contributed by atoms with Crippen LogP contribution in [0.2, 0.25) is 0 Å². The topological polar surface area (TPSA) is 40.6 Å². The van der Waals surface area contributed by atoms with Gasteiger partial charge < -0.3 is 13.7 Å². The molecule has 0 fully saturated rings. The minimum absolute atomic E-state index is 0.726. The largest absolute Gasteiger partial charge is 0.309 e. The van der Waals surface area contributed by atoms with Gasteiger partial charge in [0.05, 0.1) is 44.5 Å². The van der Waals surface area contributed by atoms with Gasteiger partial charge in [-0.15, -0.1) is 0 Å². The van der Waals surface area contributed by atoms with Crippen molar-refractivity contribution in [1.29, 1.82) is 0 Å². The van der Waals surface area contributed by atoms with Gasteiger partial charge in [-0.3, -0.25) is 0 Å². The van der Waals surface area contributed by atoms with E-state index in [0.29, 0.717) is 0 Å². The molecular formula is C68H49N5. The van der Waals surface area contributed by atoms with E-state index in [9.17, 15) is 0 Å². The zero-order valence-electron chi connectivity index (χ0n) is 41.1. The Labute approximate surface area is 423 Å². The lowest BCUT2D eigenvalue weighted by Gasteiger charge is -2.16. The molecule has 5 heteroatoms. The summed E-state index contributed by atoms with van der Waals surface area (Å²) in [5.41, 5.74) is 22.6. The number of hydrogen-bond acceptors (Lipinski definition) is 2. The Morgan fingerprint density at radius 2 is 0.671 bits per heavy atom. The van der Waals surface area contributed by atoms with Crippen molar-refractivity contribution in [2.75, 3.05) is 0 Å². The van der Waals surface area contributed by atoms with E-state index in [1.807, 2.05) is 0 Å². The molecule has 73 heavy (non-hydrogen) atoms. The van der Waals surface area contributed by atoms with Crippen molar-refractivity contribution in [3.05, 3.63) is 247 Å². The molecule has 4 heterocycles. The van der Waals surface area contributed by atoms with Gasteiger partial charge in [0.2, 0.25) is 0 Å². The maximum absolute atomic E-state index is 5.21. The highest BCUT2D eigenvalue weighted by molar-refractivity contribution is 6.14. The van der Waals surface area contributed by atoms with Crippen molar-refractivity contribution < 1.29 is 0 Å². The van der Waals surface area contributed by atoms with E-state index in [4.69, 9.17) is 9.97 Å². The summed E-state index contributed by atoms with van der Waals surface area (Å²) >= 11 is 0. The van der Waals surface area contributed by atoms with Gasteiger partial charge in [0.25, 0.3) is 0 Å². The summed E-state index contributed by atoms with van der Waals surface area (Å²) in [4.78, 5) is 10.3. The molecule has 0 amide bonds. The summed E-state index contributed by atoms with van der Waals surface area (Å²) in [6, 6.07) is 81.9. The third-order valence-corrected chi connectivity index (χ3v) is 15.0. The van der Waals surface area contributed by atoms with Crippen LogP contribution in [0.25, 0.3) is 128 Å². The Hall–Kier alpha value is -9.32. The average molecular weight is 936 g/mol. The number of rotatable bonds is 7. The van der Waals surface area contributed by atoms with Gasteiger partial charge in [-0.2, -0.15) is 0 Å². The van der Waals surface area contributed by atoms with Gasteiger partial charge in [0.1, 0.15) is 0 Å². The van der Waals surface area contributed by atoms with Gasteiger partial charge in [-0.05, 0) is 153 Å². The van der Waals surface area contributed by atoms with Crippen LogP contribution in [0.15, 0.2) is 224 Å². The van der Waals surface area contributed by atoms with Gasteiger partial charge in [0.15, 0.2) is 5.82 Å². The smallest absolute Gasteiger partial charge is 0.160 e. The van der Waals surface area contributed by atoms with Crippen molar-refractivity contribution >= 4 is 65.4 Å². The lowest BCUT2D eigenvalue weighted by molar-refractivity contribution is 1.16. The fraction of sp³-hybridized carbons (Fsp3) is 0.0588. The number of hydrogen-bond donors (Lipinski definition) is 0. The molecule has 0 spiro atoms. The third-order valence-electron chi connectivity index (χ3n) is 15.0. The molecule has 0 aliphatic carbocycles. The molecule has 0 radical (unpaired) electrons. The lowest BCUT2D eigenvalue weighted by atomic mass is 9.92. The fourth-order valence-electron chi connectivity index (χ4n) is 11.8. The maximum Gasteiger partial charge on any atom is 0.160 e. The molecule has 0 saturated carbocycles. The first-order valence-electron chi connectivity index (χ1n) is 25.1. The van der Waals surface area contributed by atoms with Gasteiger partial charge >= 0.3 is 0 Å². The minimum atomic E-state index is 0.726. The molecule has 346 valence electrons. The van der Waals surface area contributed by atoms with Crippen LogP contribution in [0, 0.1) is 27.7 Å². The Bertz CT molecular complexity index is 4180. The van der Waals surface area contributed by atoms with Crippen molar-refractivity contribution in [3.8, 4) is 62.1 Å². The molecule has 0 atom stereocenters. The van der Waals surface area contributed by atoms with Crippen LogP contribution >= 0.6 is 0 Å². The number of aromatic nitrogens is 5. The van der Waals surface area contributed by atoms with Crippen LogP contribution in [-0.4, -0.2) is 23.7 Å². The molecular weight excluding hydrogens is 887 g/mol. The standard InChI is InChI=1S/C68H49N5/c1-42-15-13-17-47(35-42)59-41-60(70-68(69-59)48-18-14-16-43(2)36-48)49-37-44(3)67(45(4)38-49)46-27-29-50(30-28-46)71-65-33-31-51(72-61-23-9-5-19-53(61)54-20-6-10-24-62(54)72)39-57(65)58-40-52(32-34-66(58)71)73-63-25-11-7-21-55(63)56-22-8-12-26-64(56)73/h5-41H,1-4H3. The van der Waals surface area contributed by atoms with Crippen molar-refractivity contribution in [1.82, 2.24) is 23.7 Å². The summed E-state index contributed by atoms with van der Waals surface area (Å²) in [6.45, 7) is 8.68. The second kappa shape index (κ2) is 16.6. The summed E-state index contributed by atoms with van der Waals surface area (Å²) in [5.74, 6) is 0.726. The highest BCUT2D eigenvalue weighted by Gasteiger charge is 2.20. The lowest BCUT2D eigenvalue weighted by Crippen LogP contribution is -1.98. The molecule has 5 nitrogen and oxygen atoms in total. The molecule has 4 aromatic heterocycles. The highest BCUT2D eigenvalue weighted by atomic mass is 15.0. The monoisotopic (exact) mass is 935 g/mol. The average Bonchev–Trinajstić information content (AvgIpc) is 4.06. The molecule has 0 saturated heterocycles. The Kier molecular flexibility index (Phi) is 9.70. The van der Waals surface area contributed by atoms with Crippen LogP contribution in [0.1, 0.15) is 22.3 Å². The fourth-order valence-corrected chi connectivity index (χ4v) is 11.8. The molecule has 14 aromatic rings. The second-order valence-corrected chi connectivity index (χ2v) is 19.7. The van der Waals surface area contributed by atoms with E-state index >= 15 is 0 Å². The molecule has 0 bridgehead atoms. The van der Waals surface area contributed by atoms with Crippen LogP contribution in [-0.2, 0) is 0 Å². The summed E-state index contributed by atoms with van der Waals surface area (Å²) in [7, 11) is 0. The molecule has 0 aliphatic heterocycles. The Morgan fingerprint density at radius 1 is 0.274 bits per heavy atom. The van der Waals surface area contributed by atoms with E-state index in [2.05, 4.69) is 266 Å². The van der Waals surface area contributed by atoms with E-state index in [-0.39, 0.29) is 0 Å². The molecule has 0 aliphatic rings. The van der Waals surface area contributed by atoms with E-state index in [1.54, 1.807) is 0 Å². The quantitative estimate of drug-likeness (QED) is 0.160. The first-order valence-corrected chi connectivity index (χ1v) is 25.1. The zero-order chi connectivity index (χ0) is 48.9. The molecule has 0 N–H and O–H groups in total. The SMILES string of the molecule is Cc1cccc(-c2cc(-c3cc(C)c(-c4ccc(-n5c6ccc(-n7c8ccccc8c8ccccc87)cc6c6cc(-n7c8ccccc8c8ccccc87)ccc65)cc4)c(C)c3)nc(-c3cccc(C)c3)n2)c1. The number of aryl methyl sites for hydroxylation is 4. The van der Waals surface area contributed by atoms with Gasteiger partial charge in [0, 0.05) is 66.1 Å². The zero-order valence-corrected chi connectivity index (χ0v) is 41.1. The molecule has 0 unspecified atom stereocenters. The van der Waals surface area contributed by atoms with Crippen molar-refractivity contribution in [3.63, 3.8) is 0 Å². The molecule has 10 aromatic carbocycles. The van der Waals surface area contributed by atoms with E-state index < -0.39 is 0 Å². The van der Waals surface area contributed by atoms with Crippen LogP contribution < -0.4 is 0 Å². The van der Waals surface area contributed by atoms with E-state index in [1.165, 1.54) is 87.8 Å². The normalized spacial score (nSPS) is 11.8. The van der Waals surface area contributed by atoms with E-state index in [0.717, 1.165) is 62.0 Å². The minimum Gasteiger partial charge on any atom is -0.309 e. The van der Waals surface area contributed by atoms with Crippen LogP contribution in [0.5, 0.6) is 0 Å². The number of fused-ring (bicyclic) bond motifs is 9. The van der Waals surface area contributed by atoms with Crippen molar-refractivity contribution in [2.24, 2.45) is 0 Å². The third kappa shape index (κ3) is 6.92. The van der Waals surface area contributed by atoms with Crippen LogP contribution in [0.3, 0.4) is 0 Å². The second-order valence-electron chi connectivity index (χ2n) is 19.7. The number of nitrogens with zero attached hydrogens (tertiary/aromatic N) is 5. The number of para-hydroxylation sites is 4. The van der Waals surface area contributed by atoms with Gasteiger partial charge in [-0.25, -0.2) is 9.97 Å². The Balaban J connectivity index is 0.906. The highest BCUT2D eigenvalue weighted by Crippen LogP contribution is 2.41. The summed E-state index contributed by atoms with van der Waals surface area (Å²) in [6.07, 6.45) is 0.